The Bertz CT molecular complexity index is 554. The molecule has 3 nitrogen and oxygen atoms in total. The summed E-state index contributed by atoms with van der Waals surface area (Å²) in [6.45, 7) is 1.92. The Labute approximate surface area is 117 Å². The zero-order valence-corrected chi connectivity index (χ0v) is 11.3. The SMILES string of the molecule is CC[C@H](Nc1ccc(F)cc1)C(=O)Nc1ccccc1. The minimum Gasteiger partial charge on any atom is -0.374 e. The van der Waals surface area contributed by atoms with Crippen molar-refractivity contribution in [1.29, 1.82) is 0 Å². The molecule has 0 fully saturated rings. The number of hydrogen-bond acceptors (Lipinski definition) is 2. The summed E-state index contributed by atoms with van der Waals surface area (Å²) in [4.78, 5) is 12.2. The Balaban J connectivity index is 2.00. The van der Waals surface area contributed by atoms with Crippen molar-refractivity contribution in [2.45, 2.75) is 19.4 Å². The number of carbonyl (C=O) groups excluding carboxylic acids is 1. The van der Waals surface area contributed by atoms with Gasteiger partial charge in [-0.2, -0.15) is 0 Å². The van der Waals surface area contributed by atoms with Crippen LogP contribution in [0.3, 0.4) is 0 Å². The van der Waals surface area contributed by atoms with Crippen molar-refractivity contribution >= 4 is 17.3 Å². The second-order valence-electron chi connectivity index (χ2n) is 4.47. The van der Waals surface area contributed by atoms with E-state index in [9.17, 15) is 9.18 Å². The van der Waals surface area contributed by atoms with Gasteiger partial charge < -0.3 is 10.6 Å². The molecule has 0 saturated carbocycles. The van der Waals surface area contributed by atoms with Gasteiger partial charge >= 0.3 is 0 Å². The first kappa shape index (κ1) is 14.1. The van der Waals surface area contributed by atoms with Crippen LogP contribution in [-0.4, -0.2) is 11.9 Å². The van der Waals surface area contributed by atoms with E-state index in [2.05, 4.69) is 10.6 Å². The summed E-state index contributed by atoms with van der Waals surface area (Å²) in [5.41, 5.74) is 1.48. The Morgan fingerprint density at radius 2 is 1.70 bits per heavy atom. The number of rotatable bonds is 5. The number of nitrogens with one attached hydrogen (secondary N) is 2. The molecule has 2 N–H and O–H groups in total. The van der Waals surface area contributed by atoms with Gasteiger partial charge in [0, 0.05) is 11.4 Å². The van der Waals surface area contributed by atoms with Gasteiger partial charge in [-0.15, -0.1) is 0 Å². The van der Waals surface area contributed by atoms with Gasteiger partial charge in [0.1, 0.15) is 11.9 Å². The van der Waals surface area contributed by atoms with Gasteiger partial charge in [0.2, 0.25) is 5.91 Å². The van der Waals surface area contributed by atoms with Gasteiger partial charge in [-0.1, -0.05) is 25.1 Å². The lowest BCUT2D eigenvalue weighted by Gasteiger charge is -2.18. The molecule has 0 bridgehead atoms. The molecule has 2 aromatic rings. The lowest BCUT2D eigenvalue weighted by atomic mass is 10.2. The zero-order chi connectivity index (χ0) is 14.4. The van der Waals surface area contributed by atoms with Gasteiger partial charge in [0.05, 0.1) is 0 Å². The number of carbonyl (C=O) groups is 1. The molecule has 1 amide bonds. The molecular formula is C16H17FN2O. The molecule has 104 valence electrons. The van der Waals surface area contributed by atoms with E-state index >= 15 is 0 Å². The molecule has 0 saturated heterocycles. The van der Waals surface area contributed by atoms with Gasteiger partial charge in [-0.05, 0) is 42.8 Å². The lowest BCUT2D eigenvalue weighted by molar-refractivity contribution is -0.116. The van der Waals surface area contributed by atoms with E-state index in [4.69, 9.17) is 0 Å². The molecule has 2 aromatic carbocycles. The van der Waals surface area contributed by atoms with Gasteiger partial charge in [-0.25, -0.2) is 4.39 Å². The molecule has 0 spiro atoms. The van der Waals surface area contributed by atoms with Crippen LogP contribution in [0.15, 0.2) is 54.6 Å². The molecule has 20 heavy (non-hydrogen) atoms. The Morgan fingerprint density at radius 3 is 2.30 bits per heavy atom. The maximum absolute atomic E-state index is 12.8. The third-order valence-electron chi connectivity index (χ3n) is 2.95. The van der Waals surface area contributed by atoms with Gasteiger partial charge in [-0.3, -0.25) is 4.79 Å². The number of para-hydroxylation sites is 1. The highest BCUT2D eigenvalue weighted by Crippen LogP contribution is 2.13. The fourth-order valence-electron chi connectivity index (χ4n) is 1.85. The van der Waals surface area contributed by atoms with Crippen molar-refractivity contribution in [3.8, 4) is 0 Å². The number of halogens is 1. The van der Waals surface area contributed by atoms with E-state index < -0.39 is 0 Å². The summed E-state index contributed by atoms with van der Waals surface area (Å²) in [5.74, 6) is -0.402. The van der Waals surface area contributed by atoms with Crippen molar-refractivity contribution in [3.05, 3.63) is 60.4 Å². The second-order valence-corrected chi connectivity index (χ2v) is 4.47. The Kier molecular flexibility index (Phi) is 4.71. The van der Waals surface area contributed by atoms with Crippen LogP contribution in [-0.2, 0) is 4.79 Å². The second kappa shape index (κ2) is 6.70. The van der Waals surface area contributed by atoms with Crippen molar-refractivity contribution in [2.75, 3.05) is 10.6 Å². The first-order chi connectivity index (χ1) is 9.69. The summed E-state index contributed by atoms with van der Waals surface area (Å²) in [5, 5.41) is 5.95. The topological polar surface area (TPSA) is 41.1 Å². The Morgan fingerprint density at radius 1 is 1.05 bits per heavy atom. The molecule has 0 aliphatic rings. The van der Waals surface area contributed by atoms with Crippen molar-refractivity contribution in [1.82, 2.24) is 0 Å². The van der Waals surface area contributed by atoms with E-state index in [1.807, 2.05) is 37.3 Å². The maximum atomic E-state index is 12.8. The quantitative estimate of drug-likeness (QED) is 0.872. The molecule has 1 atom stereocenters. The van der Waals surface area contributed by atoms with Crippen LogP contribution in [0, 0.1) is 5.82 Å². The molecule has 0 heterocycles. The predicted octanol–water partition coefficient (Wildman–Crippen LogP) is 3.65. The van der Waals surface area contributed by atoms with Crippen molar-refractivity contribution < 1.29 is 9.18 Å². The van der Waals surface area contributed by atoms with Crippen LogP contribution in [0.1, 0.15) is 13.3 Å². The number of hydrogen-bond donors (Lipinski definition) is 2. The molecule has 0 unspecified atom stereocenters. The minimum absolute atomic E-state index is 0.108. The number of benzene rings is 2. The largest absolute Gasteiger partial charge is 0.374 e. The first-order valence-corrected chi connectivity index (χ1v) is 6.57. The van der Waals surface area contributed by atoms with Crippen molar-refractivity contribution in [3.63, 3.8) is 0 Å². The summed E-state index contributed by atoms with van der Waals surface area (Å²) in [6, 6.07) is 14.9. The Hall–Kier alpha value is -2.36. The molecule has 0 aromatic heterocycles. The van der Waals surface area contributed by atoms with Crippen LogP contribution >= 0.6 is 0 Å². The highest BCUT2D eigenvalue weighted by Gasteiger charge is 2.16. The van der Waals surface area contributed by atoms with Crippen LogP contribution in [0.25, 0.3) is 0 Å². The molecule has 0 radical (unpaired) electrons. The number of amides is 1. The average molecular weight is 272 g/mol. The maximum Gasteiger partial charge on any atom is 0.246 e. The summed E-state index contributed by atoms with van der Waals surface area (Å²) in [7, 11) is 0. The van der Waals surface area contributed by atoms with E-state index in [0.29, 0.717) is 6.42 Å². The highest BCUT2D eigenvalue weighted by molar-refractivity contribution is 5.96. The summed E-state index contributed by atoms with van der Waals surface area (Å²) >= 11 is 0. The van der Waals surface area contributed by atoms with Crippen LogP contribution in [0.2, 0.25) is 0 Å². The first-order valence-electron chi connectivity index (χ1n) is 6.57. The number of anilines is 2. The zero-order valence-electron chi connectivity index (χ0n) is 11.3. The van der Waals surface area contributed by atoms with E-state index in [1.165, 1.54) is 12.1 Å². The summed E-state index contributed by atoms with van der Waals surface area (Å²) in [6.07, 6.45) is 0.635. The van der Waals surface area contributed by atoms with Crippen molar-refractivity contribution in [2.24, 2.45) is 0 Å². The molecule has 2 rings (SSSR count). The molecule has 4 heteroatoms. The van der Waals surface area contributed by atoms with Gasteiger partial charge in [0.15, 0.2) is 0 Å². The third-order valence-corrected chi connectivity index (χ3v) is 2.95. The van der Waals surface area contributed by atoms with Gasteiger partial charge in [0.25, 0.3) is 0 Å². The lowest BCUT2D eigenvalue weighted by Crippen LogP contribution is -2.34. The predicted molar refractivity (Wildman–Crippen MR) is 79.2 cm³/mol. The molecular weight excluding hydrogens is 255 g/mol. The normalized spacial score (nSPS) is 11.7. The summed E-state index contributed by atoms with van der Waals surface area (Å²) < 4.78 is 12.8. The monoisotopic (exact) mass is 272 g/mol. The third kappa shape index (κ3) is 3.82. The fourth-order valence-corrected chi connectivity index (χ4v) is 1.85. The standard InChI is InChI=1S/C16H17FN2O/c1-2-15(18-14-10-8-12(17)9-11-14)16(20)19-13-6-4-3-5-7-13/h3-11,15,18H,2H2,1H3,(H,19,20)/t15-/m0/s1. The highest BCUT2D eigenvalue weighted by atomic mass is 19.1. The van der Waals surface area contributed by atoms with Crippen LogP contribution in [0.5, 0.6) is 0 Å². The fraction of sp³-hybridized carbons (Fsp3) is 0.188. The molecule has 0 aliphatic heterocycles. The van der Waals surface area contributed by atoms with Crippen LogP contribution < -0.4 is 10.6 Å². The molecule has 0 aliphatic carbocycles. The van der Waals surface area contributed by atoms with E-state index in [0.717, 1.165) is 11.4 Å². The van der Waals surface area contributed by atoms with E-state index in [1.54, 1.807) is 12.1 Å². The minimum atomic E-state index is -0.360. The van der Waals surface area contributed by atoms with Crippen LogP contribution in [0.4, 0.5) is 15.8 Å². The van der Waals surface area contributed by atoms with E-state index in [-0.39, 0.29) is 17.8 Å². The average Bonchev–Trinajstić information content (AvgIpc) is 2.47. The smallest absolute Gasteiger partial charge is 0.246 e.